The van der Waals surface area contributed by atoms with Crippen LogP contribution in [0.2, 0.25) is 0 Å². The van der Waals surface area contributed by atoms with Gasteiger partial charge in [0.2, 0.25) is 0 Å². The summed E-state index contributed by atoms with van der Waals surface area (Å²) in [6.45, 7) is 1.45. The molecule has 2 heterocycles. The van der Waals surface area contributed by atoms with E-state index in [1.54, 1.807) is 13.2 Å². The Balaban J connectivity index is 1.91. The zero-order valence-corrected chi connectivity index (χ0v) is 11.1. The van der Waals surface area contributed by atoms with Gasteiger partial charge in [-0.3, -0.25) is 14.8 Å². The van der Waals surface area contributed by atoms with Crippen molar-refractivity contribution < 1.29 is 4.92 Å². The molecule has 0 saturated heterocycles. The molecule has 0 aromatic carbocycles. The minimum atomic E-state index is -0.433. The highest BCUT2D eigenvalue weighted by Crippen LogP contribution is 2.20. The Morgan fingerprint density at radius 2 is 2.20 bits per heavy atom. The Kier molecular flexibility index (Phi) is 4.48. The molecule has 0 bridgehead atoms. The lowest BCUT2D eigenvalue weighted by molar-refractivity contribution is -0.384. The normalized spacial score (nSPS) is 10.2. The summed E-state index contributed by atoms with van der Waals surface area (Å²) in [6, 6.07) is 4.69. The summed E-state index contributed by atoms with van der Waals surface area (Å²) in [5, 5.41) is 20.8. The second-order valence-electron chi connectivity index (χ2n) is 4.15. The number of nitrogens with zero attached hydrogens (tertiary/aromatic N) is 4. The molecule has 0 spiro atoms. The molecule has 8 heteroatoms. The summed E-state index contributed by atoms with van der Waals surface area (Å²) in [4.78, 5) is 14.6. The van der Waals surface area contributed by atoms with E-state index >= 15 is 0 Å². The van der Waals surface area contributed by atoms with Gasteiger partial charge in [-0.1, -0.05) is 0 Å². The van der Waals surface area contributed by atoms with Crippen molar-refractivity contribution in [3.05, 3.63) is 40.7 Å². The second-order valence-corrected chi connectivity index (χ2v) is 4.15. The molecule has 0 aliphatic rings. The fourth-order valence-corrected chi connectivity index (χ4v) is 1.73. The van der Waals surface area contributed by atoms with Crippen molar-refractivity contribution in [3.63, 3.8) is 0 Å². The van der Waals surface area contributed by atoms with Crippen LogP contribution in [0, 0.1) is 10.1 Å². The highest BCUT2D eigenvalue weighted by Gasteiger charge is 2.10. The molecule has 2 N–H and O–H groups in total. The number of hydrogen-bond donors (Lipinski definition) is 2. The number of nitrogens with one attached hydrogen (secondary N) is 2. The third-order valence-electron chi connectivity index (χ3n) is 2.71. The van der Waals surface area contributed by atoms with Crippen molar-refractivity contribution in [1.82, 2.24) is 14.8 Å². The largest absolute Gasteiger partial charge is 0.373 e. The van der Waals surface area contributed by atoms with Gasteiger partial charge in [0.15, 0.2) is 0 Å². The molecule has 2 aromatic rings. The van der Waals surface area contributed by atoms with Gasteiger partial charge in [0.25, 0.3) is 5.69 Å². The summed E-state index contributed by atoms with van der Waals surface area (Å²) in [5.74, 6) is 0.956. The zero-order valence-electron chi connectivity index (χ0n) is 11.1. The molecule has 20 heavy (non-hydrogen) atoms. The van der Waals surface area contributed by atoms with Crippen molar-refractivity contribution in [2.45, 2.75) is 13.0 Å². The Bertz CT molecular complexity index is 569. The maximum Gasteiger partial charge on any atom is 0.276 e. The van der Waals surface area contributed by atoms with Gasteiger partial charge in [-0.15, -0.1) is 0 Å². The van der Waals surface area contributed by atoms with Crippen LogP contribution < -0.4 is 10.6 Å². The monoisotopic (exact) mass is 276 g/mol. The van der Waals surface area contributed by atoms with E-state index in [2.05, 4.69) is 20.7 Å². The molecular formula is C12H16N6O2. The summed E-state index contributed by atoms with van der Waals surface area (Å²) in [5.41, 5.74) is 0.0129. The van der Waals surface area contributed by atoms with Crippen LogP contribution in [0.5, 0.6) is 0 Å². The van der Waals surface area contributed by atoms with E-state index in [4.69, 9.17) is 0 Å². The van der Waals surface area contributed by atoms with Gasteiger partial charge in [0.1, 0.15) is 11.6 Å². The summed E-state index contributed by atoms with van der Waals surface area (Å²) >= 11 is 0. The van der Waals surface area contributed by atoms with E-state index < -0.39 is 4.92 Å². The quantitative estimate of drug-likeness (QED) is 0.454. The molecule has 0 radical (unpaired) electrons. The van der Waals surface area contributed by atoms with E-state index in [0.717, 1.165) is 13.0 Å². The predicted molar refractivity (Wildman–Crippen MR) is 75.8 cm³/mol. The highest BCUT2D eigenvalue weighted by molar-refractivity contribution is 5.54. The third-order valence-corrected chi connectivity index (χ3v) is 2.71. The number of hydrogen-bond acceptors (Lipinski definition) is 6. The highest BCUT2D eigenvalue weighted by atomic mass is 16.6. The van der Waals surface area contributed by atoms with E-state index in [0.29, 0.717) is 18.2 Å². The number of nitro groups is 1. The van der Waals surface area contributed by atoms with Crippen molar-refractivity contribution >= 4 is 17.3 Å². The third kappa shape index (κ3) is 3.67. The second kappa shape index (κ2) is 6.50. The minimum Gasteiger partial charge on any atom is -0.373 e. The van der Waals surface area contributed by atoms with E-state index in [1.165, 1.54) is 12.1 Å². The molecule has 0 aliphatic heterocycles. The van der Waals surface area contributed by atoms with Gasteiger partial charge in [-0.2, -0.15) is 5.10 Å². The lowest BCUT2D eigenvalue weighted by Crippen LogP contribution is -2.09. The fourth-order valence-electron chi connectivity index (χ4n) is 1.73. The average Bonchev–Trinajstić information content (AvgIpc) is 2.96. The van der Waals surface area contributed by atoms with E-state index in [-0.39, 0.29) is 5.69 Å². The molecule has 0 amide bonds. The zero-order chi connectivity index (χ0) is 14.4. The molecule has 106 valence electrons. The van der Waals surface area contributed by atoms with Gasteiger partial charge >= 0.3 is 0 Å². The SMILES string of the molecule is CNc1cc([N+](=O)[O-])cc(NCCCn2cccn2)n1. The lowest BCUT2D eigenvalue weighted by Gasteiger charge is -2.07. The molecule has 2 aromatic heterocycles. The van der Waals surface area contributed by atoms with Crippen LogP contribution in [-0.4, -0.2) is 33.3 Å². The molecule has 0 fully saturated rings. The molecule has 0 unspecified atom stereocenters. The van der Waals surface area contributed by atoms with Gasteiger partial charge in [-0.25, -0.2) is 4.98 Å². The number of pyridine rings is 1. The topological polar surface area (TPSA) is 97.9 Å². The Morgan fingerprint density at radius 1 is 1.40 bits per heavy atom. The maximum absolute atomic E-state index is 10.8. The smallest absolute Gasteiger partial charge is 0.276 e. The van der Waals surface area contributed by atoms with Gasteiger partial charge in [0.05, 0.1) is 17.1 Å². The number of anilines is 2. The van der Waals surface area contributed by atoms with E-state index in [9.17, 15) is 10.1 Å². The van der Waals surface area contributed by atoms with Crippen LogP contribution in [0.1, 0.15) is 6.42 Å². The first kappa shape index (κ1) is 13.8. The van der Waals surface area contributed by atoms with Crippen molar-refractivity contribution in [1.29, 1.82) is 0 Å². The van der Waals surface area contributed by atoms with Gasteiger partial charge in [0, 0.05) is 32.5 Å². The number of rotatable bonds is 7. The first-order valence-corrected chi connectivity index (χ1v) is 6.24. The van der Waals surface area contributed by atoms with Crippen LogP contribution in [0.4, 0.5) is 17.3 Å². The fraction of sp³-hybridized carbons (Fsp3) is 0.333. The molecular weight excluding hydrogens is 260 g/mol. The van der Waals surface area contributed by atoms with Crippen LogP contribution >= 0.6 is 0 Å². The maximum atomic E-state index is 10.8. The number of aryl methyl sites for hydroxylation is 1. The summed E-state index contributed by atoms with van der Waals surface area (Å²) < 4.78 is 1.83. The Labute approximate surface area is 116 Å². The average molecular weight is 276 g/mol. The van der Waals surface area contributed by atoms with Crippen molar-refractivity contribution in [2.24, 2.45) is 0 Å². The molecule has 0 atom stereocenters. The summed E-state index contributed by atoms with van der Waals surface area (Å²) in [7, 11) is 1.67. The Morgan fingerprint density at radius 3 is 2.85 bits per heavy atom. The van der Waals surface area contributed by atoms with Crippen molar-refractivity contribution in [2.75, 3.05) is 24.2 Å². The van der Waals surface area contributed by atoms with Gasteiger partial charge in [-0.05, 0) is 12.5 Å². The first-order valence-electron chi connectivity index (χ1n) is 6.24. The van der Waals surface area contributed by atoms with Crippen LogP contribution in [0.3, 0.4) is 0 Å². The lowest BCUT2D eigenvalue weighted by atomic mass is 10.3. The Hall–Kier alpha value is -2.64. The number of aromatic nitrogens is 3. The standard InChI is InChI=1S/C12H16N6O2/c1-13-11-8-10(18(19)20)9-12(16-11)14-4-2-6-17-7-3-5-15-17/h3,5,7-9H,2,4,6H2,1H3,(H2,13,14,16). The molecule has 0 saturated carbocycles. The predicted octanol–water partition coefficient (Wildman–Crippen LogP) is 1.73. The summed E-state index contributed by atoms with van der Waals surface area (Å²) in [6.07, 6.45) is 4.47. The molecule has 8 nitrogen and oxygen atoms in total. The van der Waals surface area contributed by atoms with Crippen LogP contribution in [0.25, 0.3) is 0 Å². The van der Waals surface area contributed by atoms with Crippen LogP contribution in [-0.2, 0) is 6.54 Å². The minimum absolute atomic E-state index is 0.0129. The van der Waals surface area contributed by atoms with E-state index in [1.807, 2.05) is 16.9 Å². The van der Waals surface area contributed by atoms with Gasteiger partial charge < -0.3 is 10.6 Å². The first-order chi connectivity index (χ1) is 9.69. The molecule has 0 aliphatic carbocycles. The van der Waals surface area contributed by atoms with Crippen LogP contribution in [0.15, 0.2) is 30.6 Å². The van der Waals surface area contributed by atoms with Crippen molar-refractivity contribution in [3.8, 4) is 0 Å². The molecule has 2 rings (SSSR count).